The molecule has 0 unspecified atom stereocenters. The van der Waals surface area contributed by atoms with Crippen LogP contribution in [0, 0.1) is 5.92 Å². The molecule has 0 saturated carbocycles. The molecular weight excluding hydrogens is 160 g/mol. The van der Waals surface area contributed by atoms with Crippen LogP contribution in [0.15, 0.2) is 30.3 Å². The lowest BCUT2D eigenvalue weighted by Gasteiger charge is -2.27. The molecule has 1 aromatic rings. The molecule has 0 aromatic heterocycles. The van der Waals surface area contributed by atoms with Crippen LogP contribution in [-0.4, -0.2) is 6.61 Å². The van der Waals surface area contributed by atoms with Crippen LogP contribution in [-0.2, 0) is 4.74 Å². The van der Waals surface area contributed by atoms with E-state index in [2.05, 4.69) is 37.3 Å². The van der Waals surface area contributed by atoms with Crippen molar-refractivity contribution >= 4 is 0 Å². The summed E-state index contributed by atoms with van der Waals surface area (Å²) >= 11 is 0. The zero-order valence-corrected chi connectivity index (χ0v) is 8.07. The van der Waals surface area contributed by atoms with E-state index in [-0.39, 0.29) is 0 Å². The number of rotatable bonds is 1. The molecule has 1 heteroatoms. The van der Waals surface area contributed by atoms with Crippen LogP contribution in [0.2, 0.25) is 0 Å². The van der Waals surface area contributed by atoms with Gasteiger partial charge < -0.3 is 4.74 Å². The number of benzene rings is 1. The largest absolute Gasteiger partial charge is 0.374 e. The fourth-order valence-electron chi connectivity index (χ4n) is 1.86. The fraction of sp³-hybridized carbons (Fsp3) is 0.500. The maximum atomic E-state index is 5.73. The molecule has 1 nitrogen and oxygen atoms in total. The highest BCUT2D eigenvalue weighted by Crippen LogP contribution is 2.30. The Balaban J connectivity index is 2.08. The van der Waals surface area contributed by atoms with E-state index in [1.54, 1.807) is 0 Å². The summed E-state index contributed by atoms with van der Waals surface area (Å²) in [5.41, 5.74) is 1.33. The van der Waals surface area contributed by atoms with Crippen LogP contribution in [0.4, 0.5) is 0 Å². The second kappa shape index (κ2) is 3.93. The first kappa shape index (κ1) is 8.76. The predicted octanol–water partition coefficient (Wildman–Crippen LogP) is 3.17. The molecule has 0 aliphatic carbocycles. The van der Waals surface area contributed by atoms with Gasteiger partial charge in [-0.05, 0) is 24.3 Å². The van der Waals surface area contributed by atoms with E-state index in [0.717, 1.165) is 12.5 Å². The molecule has 13 heavy (non-hydrogen) atoms. The fourth-order valence-corrected chi connectivity index (χ4v) is 1.86. The third-order valence-electron chi connectivity index (χ3n) is 2.72. The Morgan fingerprint density at radius 2 is 2.00 bits per heavy atom. The summed E-state index contributed by atoms with van der Waals surface area (Å²) in [5.74, 6) is 0.805. The Bertz CT molecular complexity index is 255. The average Bonchev–Trinajstić information content (AvgIpc) is 2.19. The van der Waals surface area contributed by atoms with Crippen LogP contribution < -0.4 is 0 Å². The van der Waals surface area contributed by atoms with Gasteiger partial charge in [-0.2, -0.15) is 0 Å². The summed E-state index contributed by atoms with van der Waals surface area (Å²) in [5, 5.41) is 0. The number of ether oxygens (including phenoxy) is 1. The predicted molar refractivity (Wildman–Crippen MR) is 53.5 cm³/mol. The molecule has 1 aliphatic heterocycles. The van der Waals surface area contributed by atoms with Crippen molar-refractivity contribution in [1.82, 2.24) is 0 Å². The molecule has 0 bridgehead atoms. The monoisotopic (exact) mass is 176 g/mol. The van der Waals surface area contributed by atoms with E-state index in [4.69, 9.17) is 4.74 Å². The molecule has 0 N–H and O–H groups in total. The van der Waals surface area contributed by atoms with Gasteiger partial charge in [-0.25, -0.2) is 0 Å². The average molecular weight is 176 g/mol. The molecular formula is C12H16O. The second-order valence-corrected chi connectivity index (χ2v) is 3.90. The highest BCUT2D eigenvalue weighted by atomic mass is 16.5. The Morgan fingerprint density at radius 1 is 1.23 bits per heavy atom. The van der Waals surface area contributed by atoms with Crippen molar-refractivity contribution < 1.29 is 4.74 Å². The first-order valence-corrected chi connectivity index (χ1v) is 5.03. The number of hydrogen-bond donors (Lipinski definition) is 0. The lowest BCUT2D eigenvalue weighted by Crippen LogP contribution is -2.17. The molecule has 2 rings (SSSR count). The normalized spacial score (nSPS) is 28.7. The van der Waals surface area contributed by atoms with Gasteiger partial charge in [0.1, 0.15) is 0 Å². The quantitative estimate of drug-likeness (QED) is 0.638. The molecule has 0 amide bonds. The highest BCUT2D eigenvalue weighted by Gasteiger charge is 2.20. The van der Waals surface area contributed by atoms with E-state index in [1.807, 2.05) is 0 Å². The van der Waals surface area contributed by atoms with Crippen LogP contribution >= 0.6 is 0 Å². The van der Waals surface area contributed by atoms with Crippen LogP contribution in [0.3, 0.4) is 0 Å². The van der Waals surface area contributed by atoms with Gasteiger partial charge in [0, 0.05) is 6.61 Å². The Labute approximate surface area is 79.7 Å². The lowest BCUT2D eigenvalue weighted by atomic mass is 9.94. The van der Waals surface area contributed by atoms with Crippen molar-refractivity contribution in [2.45, 2.75) is 25.9 Å². The molecule has 0 radical (unpaired) electrons. The van der Waals surface area contributed by atoms with Gasteiger partial charge in [-0.3, -0.25) is 0 Å². The Hall–Kier alpha value is -0.820. The van der Waals surface area contributed by atoms with Crippen molar-refractivity contribution in [1.29, 1.82) is 0 Å². The molecule has 2 atom stereocenters. The Kier molecular flexibility index (Phi) is 2.65. The molecule has 1 fully saturated rings. The van der Waals surface area contributed by atoms with Gasteiger partial charge in [0.25, 0.3) is 0 Å². The molecule has 1 aliphatic rings. The smallest absolute Gasteiger partial charge is 0.0827 e. The maximum absolute atomic E-state index is 5.73. The topological polar surface area (TPSA) is 9.23 Å². The van der Waals surface area contributed by atoms with Crippen molar-refractivity contribution in [2.75, 3.05) is 6.61 Å². The van der Waals surface area contributed by atoms with E-state index < -0.39 is 0 Å². The minimum absolute atomic E-state index is 0.338. The molecule has 0 spiro atoms. The van der Waals surface area contributed by atoms with Crippen LogP contribution in [0.5, 0.6) is 0 Å². The second-order valence-electron chi connectivity index (χ2n) is 3.90. The van der Waals surface area contributed by atoms with E-state index in [0.29, 0.717) is 6.10 Å². The molecule has 1 heterocycles. The Morgan fingerprint density at radius 3 is 2.69 bits per heavy atom. The maximum Gasteiger partial charge on any atom is 0.0827 e. The minimum Gasteiger partial charge on any atom is -0.374 e. The van der Waals surface area contributed by atoms with Crippen LogP contribution in [0.1, 0.15) is 31.4 Å². The van der Waals surface area contributed by atoms with E-state index in [9.17, 15) is 0 Å². The first-order chi connectivity index (χ1) is 6.36. The molecule has 1 saturated heterocycles. The summed E-state index contributed by atoms with van der Waals surface area (Å²) in [6.07, 6.45) is 2.72. The standard InChI is InChI=1S/C12H16O/c1-10-7-8-13-12(9-10)11-5-3-2-4-6-11/h2-6,10,12H,7-9H2,1H3/t10-,12-/m1/s1. The van der Waals surface area contributed by atoms with Gasteiger partial charge in [0.2, 0.25) is 0 Å². The lowest BCUT2D eigenvalue weighted by molar-refractivity contribution is -0.00632. The summed E-state index contributed by atoms with van der Waals surface area (Å²) in [7, 11) is 0. The van der Waals surface area contributed by atoms with Gasteiger partial charge in [-0.15, -0.1) is 0 Å². The van der Waals surface area contributed by atoms with Gasteiger partial charge in [0.05, 0.1) is 6.10 Å². The molecule has 70 valence electrons. The van der Waals surface area contributed by atoms with Crippen molar-refractivity contribution in [3.05, 3.63) is 35.9 Å². The van der Waals surface area contributed by atoms with Gasteiger partial charge in [0.15, 0.2) is 0 Å². The highest BCUT2D eigenvalue weighted by molar-refractivity contribution is 5.17. The van der Waals surface area contributed by atoms with Crippen LogP contribution in [0.25, 0.3) is 0 Å². The summed E-state index contributed by atoms with van der Waals surface area (Å²) in [4.78, 5) is 0. The van der Waals surface area contributed by atoms with E-state index in [1.165, 1.54) is 18.4 Å². The summed E-state index contributed by atoms with van der Waals surface area (Å²) < 4.78 is 5.73. The third-order valence-corrected chi connectivity index (χ3v) is 2.72. The summed E-state index contributed by atoms with van der Waals surface area (Å²) in [6, 6.07) is 10.5. The number of hydrogen-bond acceptors (Lipinski definition) is 1. The third kappa shape index (κ3) is 2.10. The van der Waals surface area contributed by atoms with Crippen molar-refractivity contribution in [3.63, 3.8) is 0 Å². The van der Waals surface area contributed by atoms with E-state index >= 15 is 0 Å². The van der Waals surface area contributed by atoms with Crippen molar-refractivity contribution in [2.24, 2.45) is 5.92 Å². The molecule has 1 aromatic carbocycles. The first-order valence-electron chi connectivity index (χ1n) is 5.03. The van der Waals surface area contributed by atoms with Crippen molar-refractivity contribution in [3.8, 4) is 0 Å². The summed E-state index contributed by atoms with van der Waals surface area (Å²) in [6.45, 7) is 3.22. The zero-order valence-electron chi connectivity index (χ0n) is 8.07. The van der Waals surface area contributed by atoms with Gasteiger partial charge in [-0.1, -0.05) is 37.3 Å². The minimum atomic E-state index is 0.338. The SMILES string of the molecule is C[C@@H]1CCO[C@@H](c2ccccc2)C1. The van der Waals surface area contributed by atoms with Gasteiger partial charge >= 0.3 is 0 Å². The zero-order chi connectivity index (χ0) is 9.10.